The summed E-state index contributed by atoms with van der Waals surface area (Å²) in [5.41, 5.74) is 2.20. The van der Waals surface area contributed by atoms with Gasteiger partial charge in [-0.25, -0.2) is 0 Å². The van der Waals surface area contributed by atoms with Gasteiger partial charge >= 0.3 is 0 Å². The summed E-state index contributed by atoms with van der Waals surface area (Å²) in [7, 11) is 0. The third kappa shape index (κ3) is 4.28. The Hall–Kier alpha value is -2.04. The monoisotopic (exact) mass is 345 g/mol. The molecule has 0 bridgehead atoms. The van der Waals surface area contributed by atoms with Gasteiger partial charge in [-0.15, -0.1) is 0 Å². The Bertz CT molecular complexity index is 709. The molecule has 3 rings (SSSR count). The van der Waals surface area contributed by atoms with E-state index in [2.05, 4.69) is 5.32 Å². The molecule has 0 aliphatic carbocycles. The predicted octanol–water partition coefficient (Wildman–Crippen LogP) is 4.46. The fourth-order valence-corrected chi connectivity index (χ4v) is 2.87. The lowest BCUT2D eigenvalue weighted by Gasteiger charge is -2.12. The minimum absolute atomic E-state index is 0.177. The number of hydrogen-bond acceptors (Lipinski definition) is 3. The van der Waals surface area contributed by atoms with Gasteiger partial charge in [0.05, 0.1) is 16.8 Å². The van der Waals surface area contributed by atoms with E-state index in [4.69, 9.17) is 21.1 Å². The smallest absolute Gasteiger partial charge is 0.255 e. The lowest BCUT2D eigenvalue weighted by Crippen LogP contribution is -2.16. The van der Waals surface area contributed by atoms with Gasteiger partial charge in [0.1, 0.15) is 12.4 Å². The molecule has 126 valence electrons. The molecule has 24 heavy (non-hydrogen) atoms. The van der Waals surface area contributed by atoms with E-state index in [0.717, 1.165) is 30.8 Å². The zero-order valence-corrected chi connectivity index (χ0v) is 14.3. The normalized spacial score (nSPS) is 16.8. The summed E-state index contributed by atoms with van der Waals surface area (Å²) in [6.45, 7) is 3.31. The number of nitrogens with one attached hydrogen (secondary N) is 1. The molecule has 1 amide bonds. The zero-order chi connectivity index (χ0) is 16.9. The molecule has 4 nitrogen and oxygen atoms in total. The Kier molecular flexibility index (Phi) is 5.38. The summed E-state index contributed by atoms with van der Waals surface area (Å²) in [4.78, 5) is 12.3. The summed E-state index contributed by atoms with van der Waals surface area (Å²) in [5.74, 6) is 0.529. The number of benzene rings is 2. The fraction of sp³-hybridized carbons (Fsp3) is 0.316. The largest absolute Gasteiger partial charge is 0.491 e. The van der Waals surface area contributed by atoms with Crippen LogP contribution in [0.3, 0.4) is 0 Å². The number of aryl methyl sites for hydroxylation is 1. The SMILES string of the molecule is Cc1ccc(NC(=O)c2ccc(OCC3CCCO3)cc2)c(Cl)c1. The molecule has 1 heterocycles. The number of anilines is 1. The summed E-state index contributed by atoms with van der Waals surface area (Å²) < 4.78 is 11.2. The molecule has 0 spiro atoms. The van der Waals surface area contributed by atoms with Crippen molar-refractivity contribution >= 4 is 23.2 Å². The van der Waals surface area contributed by atoms with E-state index in [1.807, 2.05) is 19.1 Å². The van der Waals surface area contributed by atoms with Gasteiger partial charge in [-0.05, 0) is 61.7 Å². The second kappa shape index (κ2) is 7.69. The maximum Gasteiger partial charge on any atom is 0.255 e. The molecule has 5 heteroatoms. The average molecular weight is 346 g/mol. The highest BCUT2D eigenvalue weighted by molar-refractivity contribution is 6.34. The number of rotatable bonds is 5. The Balaban J connectivity index is 1.58. The third-order valence-corrected chi connectivity index (χ3v) is 4.26. The molecule has 1 unspecified atom stereocenters. The van der Waals surface area contributed by atoms with Crippen molar-refractivity contribution in [1.29, 1.82) is 0 Å². The van der Waals surface area contributed by atoms with E-state index in [1.54, 1.807) is 30.3 Å². The van der Waals surface area contributed by atoms with Gasteiger partial charge in [-0.2, -0.15) is 0 Å². The van der Waals surface area contributed by atoms with Gasteiger partial charge in [0, 0.05) is 12.2 Å². The van der Waals surface area contributed by atoms with E-state index < -0.39 is 0 Å². The number of carbonyl (C=O) groups excluding carboxylic acids is 1. The van der Waals surface area contributed by atoms with Gasteiger partial charge < -0.3 is 14.8 Å². The molecule has 1 atom stereocenters. The Morgan fingerprint density at radius 3 is 2.75 bits per heavy atom. The third-order valence-electron chi connectivity index (χ3n) is 3.95. The second-order valence-corrected chi connectivity index (χ2v) is 6.32. The van der Waals surface area contributed by atoms with Crippen LogP contribution >= 0.6 is 11.6 Å². The first-order valence-corrected chi connectivity index (χ1v) is 8.41. The highest BCUT2D eigenvalue weighted by atomic mass is 35.5. The van der Waals surface area contributed by atoms with Crippen molar-refractivity contribution in [3.8, 4) is 5.75 Å². The molecular formula is C19H20ClNO3. The van der Waals surface area contributed by atoms with Crippen molar-refractivity contribution < 1.29 is 14.3 Å². The number of ether oxygens (including phenoxy) is 2. The predicted molar refractivity (Wildman–Crippen MR) is 95.1 cm³/mol. The van der Waals surface area contributed by atoms with Crippen molar-refractivity contribution in [3.63, 3.8) is 0 Å². The van der Waals surface area contributed by atoms with Gasteiger partial charge in [0.2, 0.25) is 0 Å². The quantitative estimate of drug-likeness (QED) is 0.870. The molecule has 1 fully saturated rings. The van der Waals surface area contributed by atoms with E-state index in [1.165, 1.54) is 0 Å². The van der Waals surface area contributed by atoms with Crippen LogP contribution in [0.25, 0.3) is 0 Å². The molecule has 2 aromatic rings. The zero-order valence-electron chi connectivity index (χ0n) is 13.5. The van der Waals surface area contributed by atoms with Gasteiger partial charge in [-0.3, -0.25) is 4.79 Å². The summed E-state index contributed by atoms with van der Waals surface area (Å²) in [6.07, 6.45) is 2.31. The second-order valence-electron chi connectivity index (χ2n) is 5.91. The number of hydrogen-bond donors (Lipinski definition) is 1. The summed E-state index contributed by atoms with van der Waals surface area (Å²) >= 11 is 6.14. The maximum atomic E-state index is 12.3. The van der Waals surface area contributed by atoms with Crippen LogP contribution in [0.1, 0.15) is 28.8 Å². The number of halogens is 1. The van der Waals surface area contributed by atoms with E-state index in [0.29, 0.717) is 22.9 Å². The van der Waals surface area contributed by atoms with Crippen molar-refractivity contribution in [1.82, 2.24) is 0 Å². The number of carbonyl (C=O) groups is 1. The summed E-state index contributed by atoms with van der Waals surface area (Å²) in [5, 5.41) is 3.35. The summed E-state index contributed by atoms with van der Waals surface area (Å²) in [6, 6.07) is 12.6. The first-order valence-electron chi connectivity index (χ1n) is 8.04. The molecule has 1 aliphatic rings. The van der Waals surface area contributed by atoms with Gasteiger partial charge in [0.15, 0.2) is 0 Å². The van der Waals surface area contributed by atoms with Crippen LogP contribution in [0.15, 0.2) is 42.5 Å². The molecule has 1 saturated heterocycles. The van der Waals surface area contributed by atoms with Crippen molar-refractivity contribution in [2.75, 3.05) is 18.5 Å². The topological polar surface area (TPSA) is 47.6 Å². The Labute approximate surface area is 146 Å². The first-order chi connectivity index (χ1) is 11.6. The lowest BCUT2D eigenvalue weighted by molar-refractivity contribution is 0.0679. The van der Waals surface area contributed by atoms with Crippen LogP contribution in [-0.2, 0) is 4.74 Å². The van der Waals surface area contributed by atoms with Crippen LogP contribution in [0, 0.1) is 6.92 Å². The Morgan fingerprint density at radius 1 is 1.29 bits per heavy atom. The van der Waals surface area contributed by atoms with Gasteiger partial charge in [-0.1, -0.05) is 17.7 Å². The molecule has 0 aromatic heterocycles. The molecule has 0 radical (unpaired) electrons. The van der Waals surface area contributed by atoms with Crippen molar-refractivity contribution in [2.45, 2.75) is 25.9 Å². The fourth-order valence-electron chi connectivity index (χ4n) is 2.58. The highest BCUT2D eigenvalue weighted by Crippen LogP contribution is 2.24. The standard InChI is InChI=1S/C19H20ClNO3/c1-13-4-9-18(17(20)11-13)21-19(22)14-5-7-15(8-6-14)24-12-16-3-2-10-23-16/h4-9,11,16H,2-3,10,12H2,1H3,(H,21,22). The van der Waals surface area contributed by atoms with E-state index >= 15 is 0 Å². The van der Waals surface area contributed by atoms with Crippen LogP contribution in [0.2, 0.25) is 5.02 Å². The average Bonchev–Trinajstić information content (AvgIpc) is 3.09. The number of amides is 1. The molecule has 2 aromatic carbocycles. The molecular weight excluding hydrogens is 326 g/mol. The molecule has 0 saturated carbocycles. The van der Waals surface area contributed by atoms with E-state index in [9.17, 15) is 4.79 Å². The molecule has 1 N–H and O–H groups in total. The molecule has 1 aliphatic heterocycles. The first kappa shape index (κ1) is 16.8. The Morgan fingerprint density at radius 2 is 2.08 bits per heavy atom. The van der Waals surface area contributed by atoms with Crippen molar-refractivity contribution in [2.24, 2.45) is 0 Å². The van der Waals surface area contributed by atoms with Crippen LogP contribution in [0.4, 0.5) is 5.69 Å². The highest BCUT2D eigenvalue weighted by Gasteiger charge is 2.16. The van der Waals surface area contributed by atoms with E-state index in [-0.39, 0.29) is 12.0 Å². The maximum absolute atomic E-state index is 12.3. The minimum Gasteiger partial charge on any atom is -0.491 e. The van der Waals surface area contributed by atoms with Gasteiger partial charge in [0.25, 0.3) is 5.91 Å². The lowest BCUT2D eigenvalue weighted by atomic mass is 10.2. The van der Waals surface area contributed by atoms with Crippen LogP contribution in [0.5, 0.6) is 5.75 Å². The van der Waals surface area contributed by atoms with Crippen molar-refractivity contribution in [3.05, 3.63) is 58.6 Å². The van der Waals surface area contributed by atoms with Crippen LogP contribution < -0.4 is 10.1 Å². The minimum atomic E-state index is -0.202. The van der Waals surface area contributed by atoms with Crippen LogP contribution in [-0.4, -0.2) is 25.2 Å².